The Labute approximate surface area is 126 Å². The Kier molecular flexibility index (Phi) is 4.32. The van der Waals surface area contributed by atoms with Gasteiger partial charge < -0.3 is 16.3 Å². The van der Waals surface area contributed by atoms with Crippen LogP contribution in [0.2, 0.25) is 0 Å². The van der Waals surface area contributed by atoms with E-state index in [0.29, 0.717) is 12.8 Å². The molecule has 108 valence electrons. The second-order valence-corrected chi connectivity index (χ2v) is 6.00. The molecule has 0 radical (unpaired) electrons. The van der Waals surface area contributed by atoms with E-state index in [0.717, 1.165) is 28.6 Å². The van der Waals surface area contributed by atoms with Crippen molar-refractivity contribution in [2.75, 3.05) is 5.32 Å². The molecular weight excluding hydrogens is 322 g/mol. The lowest BCUT2D eigenvalue weighted by Gasteiger charge is -2.26. The molecule has 5 nitrogen and oxygen atoms in total. The average molecular weight is 340 g/mol. The van der Waals surface area contributed by atoms with Crippen molar-refractivity contribution in [2.24, 2.45) is 16.3 Å². The van der Waals surface area contributed by atoms with Crippen molar-refractivity contribution >= 4 is 33.4 Å². The zero-order valence-electron chi connectivity index (χ0n) is 11.3. The first-order chi connectivity index (χ1) is 9.51. The smallest absolute Gasteiger partial charge is 0.238 e. The van der Waals surface area contributed by atoms with Gasteiger partial charge in [0.05, 0.1) is 0 Å². The number of nitrogens with one attached hydrogen (secondary N) is 1. The molecule has 1 amide bonds. The van der Waals surface area contributed by atoms with E-state index in [9.17, 15) is 4.79 Å². The number of halogens is 1. The SMILES string of the molecule is Cc1c(Br)cccc1NC(=O)C1(/C(N)=N/O)CCCC1. The fourth-order valence-corrected chi connectivity index (χ4v) is 3.02. The van der Waals surface area contributed by atoms with E-state index in [1.807, 2.05) is 25.1 Å². The number of hydrogen-bond acceptors (Lipinski definition) is 3. The molecule has 6 heteroatoms. The predicted molar refractivity (Wildman–Crippen MR) is 81.8 cm³/mol. The highest BCUT2D eigenvalue weighted by molar-refractivity contribution is 9.10. The Morgan fingerprint density at radius 1 is 1.45 bits per heavy atom. The van der Waals surface area contributed by atoms with Gasteiger partial charge >= 0.3 is 0 Å². The van der Waals surface area contributed by atoms with Gasteiger partial charge in [-0.3, -0.25) is 4.79 Å². The van der Waals surface area contributed by atoms with Crippen LogP contribution >= 0.6 is 15.9 Å². The maximum atomic E-state index is 12.6. The Hall–Kier alpha value is -1.56. The minimum Gasteiger partial charge on any atom is -0.409 e. The monoisotopic (exact) mass is 339 g/mol. The number of anilines is 1. The maximum absolute atomic E-state index is 12.6. The Morgan fingerprint density at radius 3 is 2.70 bits per heavy atom. The Balaban J connectivity index is 2.28. The molecule has 0 unspecified atom stereocenters. The molecule has 1 aliphatic rings. The summed E-state index contributed by atoms with van der Waals surface area (Å²) in [4.78, 5) is 12.6. The Morgan fingerprint density at radius 2 is 2.10 bits per heavy atom. The van der Waals surface area contributed by atoms with E-state index >= 15 is 0 Å². The number of benzene rings is 1. The first-order valence-electron chi connectivity index (χ1n) is 6.56. The first kappa shape index (κ1) is 14.8. The largest absolute Gasteiger partial charge is 0.409 e. The third-order valence-corrected chi connectivity index (χ3v) is 4.86. The lowest BCUT2D eigenvalue weighted by atomic mass is 9.83. The van der Waals surface area contributed by atoms with Gasteiger partial charge in [0.1, 0.15) is 5.41 Å². The molecule has 20 heavy (non-hydrogen) atoms. The summed E-state index contributed by atoms with van der Waals surface area (Å²) in [7, 11) is 0. The van der Waals surface area contributed by atoms with Gasteiger partial charge in [-0.1, -0.05) is 40.0 Å². The van der Waals surface area contributed by atoms with Crippen molar-refractivity contribution in [3.8, 4) is 0 Å². The van der Waals surface area contributed by atoms with Crippen LogP contribution in [0, 0.1) is 12.3 Å². The lowest BCUT2D eigenvalue weighted by molar-refractivity contribution is -0.122. The quantitative estimate of drug-likeness (QED) is 0.342. The molecule has 0 bridgehead atoms. The Bertz CT molecular complexity index is 551. The van der Waals surface area contributed by atoms with Gasteiger partial charge in [0.2, 0.25) is 5.91 Å². The number of rotatable bonds is 3. The van der Waals surface area contributed by atoms with Crippen molar-refractivity contribution in [1.82, 2.24) is 0 Å². The molecule has 1 aromatic carbocycles. The van der Waals surface area contributed by atoms with Crippen LogP contribution in [0.1, 0.15) is 31.2 Å². The first-order valence-corrected chi connectivity index (χ1v) is 7.35. The van der Waals surface area contributed by atoms with Crippen LogP contribution in [0.25, 0.3) is 0 Å². The highest BCUT2D eigenvalue weighted by atomic mass is 79.9. The van der Waals surface area contributed by atoms with Crippen molar-refractivity contribution in [1.29, 1.82) is 0 Å². The molecule has 1 fully saturated rings. The highest BCUT2D eigenvalue weighted by Crippen LogP contribution is 2.39. The molecule has 4 N–H and O–H groups in total. The summed E-state index contributed by atoms with van der Waals surface area (Å²) >= 11 is 3.44. The number of carbonyl (C=O) groups is 1. The minimum absolute atomic E-state index is 0.000139. The molecule has 0 spiro atoms. The van der Waals surface area contributed by atoms with Crippen LogP contribution < -0.4 is 11.1 Å². The number of oxime groups is 1. The molecule has 0 saturated heterocycles. The zero-order chi connectivity index (χ0) is 14.8. The highest BCUT2D eigenvalue weighted by Gasteiger charge is 2.45. The summed E-state index contributed by atoms with van der Waals surface area (Å²) < 4.78 is 0.930. The lowest BCUT2D eigenvalue weighted by Crippen LogP contribution is -2.45. The molecule has 0 aliphatic heterocycles. The van der Waals surface area contributed by atoms with E-state index in [1.165, 1.54) is 0 Å². The standard InChI is InChI=1S/C14H18BrN3O2/c1-9-10(15)5-4-6-11(9)17-13(19)14(12(16)18-20)7-2-3-8-14/h4-6,20H,2-3,7-8H2,1H3,(H2,16,18)(H,17,19). The molecule has 0 heterocycles. The summed E-state index contributed by atoms with van der Waals surface area (Å²) in [5.74, 6) is -0.202. The van der Waals surface area contributed by atoms with E-state index in [-0.39, 0.29) is 11.7 Å². The molecule has 1 aromatic rings. The van der Waals surface area contributed by atoms with E-state index < -0.39 is 5.41 Å². The van der Waals surface area contributed by atoms with E-state index in [4.69, 9.17) is 10.9 Å². The van der Waals surface area contributed by atoms with Crippen LogP contribution in [-0.2, 0) is 4.79 Å². The summed E-state index contributed by atoms with van der Waals surface area (Å²) in [5.41, 5.74) is 6.57. The molecule has 0 atom stereocenters. The van der Waals surface area contributed by atoms with E-state index in [2.05, 4.69) is 26.4 Å². The van der Waals surface area contributed by atoms with Crippen molar-refractivity contribution in [3.63, 3.8) is 0 Å². The third-order valence-electron chi connectivity index (χ3n) is 4.01. The minimum atomic E-state index is -0.885. The summed E-state index contributed by atoms with van der Waals surface area (Å²) in [5, 5.41) is 14.9. The summed E-state index contributed by atoms with van der Waals surface area (Å²) in [6.45, 7) is 1.92. The normalized spacial score (nSPS) is 18.0. The topological polar surface area (TPSA) is 87.7 Å². The molecule has 1 aliphatic carbocycles. The number of carbonyl (C=O) groups excluding carboxylic acids is 1. The predicted octanol–water partition coefficient (Wildman–Crippen LogP) is 3.00. The fraction of sp³-hybridized carbons (Fsp3) is 0.429. The van der Waals surface area contributed by atoms with Crippen LogP contribution in [0.15, 0.2) is 27.8 Å². The van der Waals surface area contributed by atoms with Crippen LogP contribution in [-0.4, -0.2) is 17.0 Å². The fourth-order valence-electron chi connectivity index (χ4n) is 2.66. The molecule has 0 aromatic heterocycles. The van der Waals surface area contributed by atoms with Gasteiger partial charge in [0.25, 0.3) is 0 Å². The van der Waals surface area contributed by atoms with Crippen molar-refractivity contribution < 1.29 is 10.0 Å². The van der Waals surface area contributed by atoms with Gasteiger partial charge in [-0.25, -0.2) is 0 Å². The maximum Gasteiger partial charge on any atom is 0.238 e. The third kappa shape index (κ3) is 2.52. The molecular formula is C14H18BrN3O2. The second-order valence-electron chi connectivity index (χ2n) is 5.14. The molecule has 2 rings (SSSR count). The average Bonchev–Trinajstić information content (AvgIpc) is 2.93. The van der Waals surface area contributed by atoms with Crippen LogP contribution in [0.3, 0.4) is 0 Å². The number of hydrogen-bond donors (Lipinski definition) is 3. The second kappa shape index (κ2) is 5.83. The summed E-state index contributed by atoms with van der Waals surface area (Å²) in [6.07, 6.45) is 3.03. The van der Waals surface area contributed by atoms with Crippen molar-refractivity contribution in [3.05, 3.63) is 28.2 Å². The summed E-state index contributed by atoms with van der Waals surface area (Å²) in [6, 6.07) is 5.62. The van der Waals surface area contributed by atoms with Gasteiger partial charge in [0.15, 0.2) is 5.84 Å². The van der Waals surface area contributed by atoms with Gasteiger partial charge in [0, 0.05) is 10.2 Å². The number of amides is 1. The number of amidine groups is 1. The zero-order valence-corrected chi connectivity index (χ0v) is 12.9. The molecule has 1 saturated carbocycles. The van der Waals surface area contributed by atoms with Gasteiger partial charge in [-0.15, -0.1) is 0 Å². The van der Waals surface area contributed by atoms with Crippen LogP contribution in [0.5, 0.6) is 0 Å². The van der Waals surface area contributed by atoms with Crippen molar-refractivity contribution in [2.45, 2.75) is 32.6 Å². The van der Waals surface area contributed by atoms with Gasteiger partial charge in [-0.2, -0.15) is 0 Å². The number of nitrogens with zero attached hydrogens (tertiary/aromatic N) is 1. The van der Waals surface area contributed by atoms with E-state index in [1.54, 1.807) is 0 Å². The van der Waals surface area contributed by atoms with Gasteiger partial charge in [-0.05, 0) is 37.5 Å². The van der Waals surface area contributed by atoms with Crippen LogP contribution in [0.4, 0.5) is 5.69 Å². The number of nitrogens with two attached hydrogens (primary N) is 1.